The zero-order valence-electron chi connectivity index (χ0n) is 16.2. The average molecular weight is 334 g/mol. The molecule has 0 bridgehead atoms. The molecular formula is C18H39NO4. The molecule has 0 aliphatic heterocycles. The van der Waals surface area contributed by atoms with Crippen LogP contribution in [-0.2, 0) is 18.9 Å². The smallest absolute Gasteiger partial charge is 0.228 e. The highest BCUT2D eigenvalue weighted by atomic mass is 16.8. The van der Waals surface area contributed by atoms with Gasteiger partial charge in [0.1, 0.15) is 0 Å². The van der Waals surface area contributed by atoms with Gasteiger partial charge < -0.3 is 18.9 Å². The van der Waals surface area contributed by atoms with E-state index in [1.807, 2.05) is 13.8 Å². The molecule has 0 heterocycles. The predicted molar refractivity (Wildman–Crippen MR) is 94.2 cm³/mol. The summed E-state index contributed by atoms with van der Waals surface area (Å²) in [6.45, 7) is 14.8. The van der Waals surface area contributed by atoms with Crippen molar-refractivity contribution in [3.05, 3.63) is 0 Å². The molecule has 0 aromatic heterocycles. The van der Waals surface area contributed by atoms with Crippen LogP contribution >= 0.6 is 0 Å². The van der Waals surface area contributed by atoms with E-state index in [-0.39, 0.29) is 0 Å². The minimum atomic E-state index is -0.917. The van der Waals surface area contributed by atoms with Gasteiger partial charge in [0, 0.05) is 13.8 Å². The number of hydrogen-bond donors (Lipinski definition) is 1. The molecular weight excluding hydrogens is 294 g/mol. The number of rotatable bonds is 16. The number of nitrogens with one attached hydrogen (secondary N) is 1. The van der Waals surface area contributed by atoms with Gasteiger partial charge in [0.25, 0.3) is 0 Å². The maximum absolute atomic E-state index is 5.96. The van der Waals surface area contributed by atoms with Gasteiger partial charge in [0.2, 0.25) is 11.8 Å². The van der Waals surface area contributed by atoms with Gasteiger partial charge in [0.05, 0.1) is 26.4 Å². The van der Waals surface area contributed by atoms with E-state index in [9.17, 15) is 0 Å². The second-order valence-electron chi connectivity index (χ2n) is 6.12. The molecule has 23 heavy (non-hydrogen) atoms. The van der Waals surface area contributed by atoms with Crippen molar-refractivity contribution in [2.45, 2.75) is 91.9 Å². The van der Waals surface area contributed by atoms with Crippen LogP contribution in [0.3, 0.4) is 0 Å². The normalized spacial score (nSPS) is 17.0. The third kappa shape index (κ3) is 11.1. The summed E-state index contributed by atoms with van der Waals surface area (Å²) in [5, 5.41) is 3.31. The summed E-state index contributed by atoms with van der Waals surface area (Å²) >= 11 is 0. The minimum Gasteiger partial charge on any atom is -0.337 e. The van der Waals surface area contributed by atoms with Gasteiger partial charge in [-0.2, -0.15) is 0 Å². The van der Waals surface area contributed by atoms with Crippen molar-refractivity contribution in [3.8, 4) is 0 Å². The lowest BCUT2D eigenvalue weighted by Gasteiger charge is -2.40. The van der Waals surface area contributed by atoms with E-state index >= 15 is 0 Å². The first-order valence-electron chi connectivity index (χ1n) is 9.30. The van der Waals surface area contributed by atoms with E-state index in [1.54, 1.807) is 0 Å². The Balaban J connectivity index is 4.83. The average Bonchev–Trinajstić information content (AvgIpc) is 2.52. The van der Waals surface area contributed by atoms with Gasteiger partial charge in [-0.25, -0.2) is 5.32 Å². The van der Waals surface area contributed by atoms with Crippen molar-refractivity contribution in [3.63, 3.8) is 0 Å². The SMILES string of the molecule is CCCCOC(C)(NC(C)(OCCC)OCCCC)OCCC. The molecule has 0 saturated heterocycles. The Morgan fingerprint density at radius 1 is 0.565 bits per heavy atom. The highest BCUT2D eigenvalue weighted by Gasteiger charge is 2.37. The van der Waals surface area contributed by atoms with E-state index in [1.165, 1.54) is 0 Å². The van der Waals surface area contributed by atoms with Crippen LogP contribution in [0.5, 0.6) is 0 Å². The van der Waals surface area contributed by atoms with Crippen molar-refractivity contribution >= 4 is 0 Å². The van der Waals surface area contributed by atoms with Crippen LogP contribution in [0.4, 0.5) is 0 Å². The summed E-state index contributed by atoms with van der Waals surface area (Å²) in [6.07, 6.45) is 6.02. The van der Waals surface area contributed by atoms with E-state index in [4.69, 9.17) is 18.9 Å². The summed E-state index contributed by atoms with van der Waals surface area (Å²) in [7, 11) is 0. The highest BCUT2D eigenvalue weighted by molar-refractivity contribution is 4.70. The predicted octanol–water partition coefficient (Wildman–Crippen LogP) is 4.41. The lowest BCUT2D eigenvalue weighted by Crippen LogP contribution is -2.61. The van der Waals surface area contributed by atoms with Crippen LogP contribution in [-0.4, -0.2) is 38.2 Å². The topological polar surface area (TPSA) is 49.0 Å². The molecule has 0 aromatic carbocycles. The van der Waals surface area contributed by atoms with Crippen LogP contribution in [0.15, 0.2) is 0 Å². The third-order valence-electron chi connectivity index (χ3n) is 3.37. The maximum Gasteiger partial charge on any atom is 0.228 e. The molecule has 0 amide bonds. The van der Waals surface area contributed by atoms with Gasteiger partial charge in [-0.3, -0.25) is 0 Å². The molecule has 0 spiro atoms. The van der Waals surface area contributed by atoms with Crippen LogP contribution in [0.1, 0.15) is 80.1 Å². The zero-order valence-corrected chi connectivity index (χ0v) is 16.2. The summed E-state index contributed by atoms with van der Waals surface area (Å²) in [5.74, 6) is -1.83. The Morgan fingerprint density at radius 2 is 0.913 bits per heavy atom. The standard InChI is InChI=1S/C18H39NO4/c1-7-11-15-22-17(5,20-13-9-3)19-18(6,21-14-10-4)23-16-12-8-2/h19H,7-16H2,1-6H3. The Labute approximate surface area is 143 Å². The van der Waals surface area contributed by atoms with Gasteiger partial charge >= 0.3 is 0 Å². The van der Waals surface area contributed by atoms with E-state index in [2.05, 4.69) is 33.0 Å². The fourth-order valence-electron chi connectivity index (χ4n) is 2.06. The van der Waals surface area contributed by atoms with Crippen LogP contribution in [0.25, 0.3) is 0 Å². The lowest BCUT2D eigenvalue weighted by atomic mass is 10.3. The van der Waals surface area contributed by atoms with Crippen LogP contribution in [0, 0.1) is 0 Å². The Hall–Kier alpha value is -0.200. The van der Waals surface area contributed by atoms with E-state index < -0.39 is 11.8 Å². The lowest BCUT2D eigenvalue weighted by molar-refractivity contribution is -0.331. The molecule has 0 aliphatic rings. The summed E-state index contributed by atoms with van der Waals surface area (Å²) < 4.78 is 23.7. The second kappa shape index (κ2) is 13.1. The molecule has 2 atom stereocenters. The fourth-order valence-corrected chi connectivity index (χ4v) is 2.06. The first-order valence-corrected chi connectivity index (χ1v) is 9.30. The molecule has 5 nitrogen and oxygen atoms in total. The molecule has 0 saturated carbocycles. The molecule has 0 fully saturated rings. The quantitative estimate of drug-likeness (QED) is 0.335. The summed E-state index contributed by atoms with van der Waals surface area (Å²) in [5.41, 5.74) is 0. The largest absolute Gasteiger partial charge is 0.337 e. The summed E-state index contributed by atoms with van der Waals surface area (Å²) in [6, 6.07) is 0. The Kier molecular flexibility index (Phi) is 13.0. The van der Waals surface area contributed by atoms with Crippen molar-refractivity contribution in [2.24, 2.45) is 0 Å². The van der Waals surface area contributed by atoms with E-state index in [0.717, 1.165) is 38.5 Å². The Bertz CT molecular complexity index is 252. The molecule has 0 rings (SSSR count). The molecule has 1 N–H and O–H groups in total. The molecule has 5 heteroatoms. The molecule has 2 unspecified atom stereocenters. The highest BCUT2D eigenvalue weighted by Crippen LogP contribution is 2.19. The van der Waals surface area contributed by atoms with Gasteiger partial charge in [-0.1, -0.05) is 40.5 Å². The van der Waals surface area contributed by atoms with Crippen molar-refractivity contribution in [1.82, 2.24) is 5.32 Å². The molecule has 0 aromatic rings. The van der Waals surface area contributed by atoms with Crippen LogP contribution < -0.4 is 5.32 Å². The first-order chi connectivity index (χ1) is 10.9. The van der Waals surface area contributed by atoms with Gasteiger partial charge in [0.15, 0.2) is 0 Å². The summed E-state index contributed by atoms with van der Waals surface area (Å²) in [4.78, 5) is 0. The molecule has 140 valence electrons. The van der Waals surface area contributed by atoms with Gasteiger partial charge in [-0.05, 0) is 25.7 Å². The zero-order chi connectivity index (χ0) is 17.6. The van der Waals surface area contributed by atoms with E-state index in [0.29, 0.717) is 26.4 Å². The van der Waals surface area contributed by atoms with Crippen molar-refractivity contribution < 1.29 is 18.9 Å². The third-order valence-corrected chi connectivity index (χ3v) is 3.37. The molecule has 0 aliphatic carbocycles. The van der Waals surface area contributed by atoms with Crippen molar-refractivity contribution in [1.29, 1.82) is 0 Å². The molecule has 0 radical (unpaired) electrons. The number of ether oxygens (including phenoxy) is 4. The monoisotopic (exact) mass is 333 g/mol. The first kappa shape index (κ1) is 22.8. The maximum atomic E-state index is 5.96. The van der Waals surface area contributed by atoms with Crippen molar-refractivity contribution in [2.75, 3.05) is 26.4 Å². The van der Waals surface area contributed by atoms with Crippen LogP contribution in [0.2, 0.25) is 0 Å². The number of hydrogen-bond acceptors (Lipinski definition) is 5. The second-order valence-corrected chi connectivity index (χ2v) is 6.12. The number of unbranched alkanes of at least 4 members (excludes halogenated alkanes) is 2. The fraction of sp³-hybridized carbons (Fsp3) is 1.00. The Morgan fingerprint density at radius 3 is 1.22 bits per heavy atom. The minimum absolute atomic E-state index is 0.619. The van der Waals surface area contributed by atoms with Gasteiger partial charge in [-0.15, -0.1) is 0 Å².